The monoisotopic (exact) mass is 218 g/mol. The van der Waals surface area contributed by atoms with Crippen LogP contribution >= 0.6 is 0 Å². The summed E-state index contributed by atoms with van der Waals surface area (Å²) >= 11 is 0. The number of rotatable bonds is 0. The second-order valence-corrected chi connectivity index (χ2v) is 4.70. The Morgan fingerprint density at radius 1 is 0.667 bits per heavy atom. The molecule has 2 saturated carbocycles. The van der Waals surface area contributed by atoms with Crippen LogP contribution in [-0.4, -0.2) is 56.1 Å². The summed E-state index contributed by atoms with van der Waals surface area (Å²) in [5, 5.41) is 48.2. The second-order valence-electron chi connectivity index (χ2n) is 4.70. The molecular weight excluding hydrogens is 200 g/mol. The largest absolute Gasteiger partial charge is 0.393 e. The van der Waals surface area contributed by atoms with Gasteiger partial charge in [-0.15, -0.1) is 0 Å². The van der Waals surface area contributed by atoms with E-state index in [4.69, 9.17) is 0 Å². The van der Waals surface area contributed by atoms with Crippen LogP contribution in [-0.2, 0) is 0 Å². The van der Waals surface area contributed by atoms with E-state index in [9.17, 15) is 25.5 Å². The molecule has 0 aliphatic heterocycles. The van der Waals surface area contributed by atoms with Gasteiger partial charge in [-0.1, -0.05) is 6.42 Å². The molecule has 88 valence electrons. The SMILES string of the molecule is OC1CCCC2C(O)C(O)C(O)C(O)C12. The summed E-state index contributed by atoms with van der Waals surface area (Å²) in [6, 6.07) is 0. The van der Waals surface area contributed by atoms with E-state index in [1.165, 1.54) is 0 Å². The van der Waals surface area contributed by atoms with Crippen molar-refractivity contribution in [2.45, 2.75) is 49.8 Å². The molecule has 0 aromatic rings. The van der Waals surface area contributed by atoms with Crippen molar-refractivity contribution in [3.63, 3.8) is 0 Å². The standard InChI is InChI=1S/C10H18O5/c11-5-3-1-2-4-6(5)8(13)10(15)9(14)7(4)12/h4-15H,1-3H2. The van der Waals surface area contributed by atoms with E-state index in [0.29, 0.717) is 12.8 Å². The van der Waals surface area contributed by atoms with Crippen LogP contribution in [0.4, 0.5) is 0 Å². The minimum atomic E-state index is -1.37. The normalized spacial score (nSPS) is 56.2. The Morgan fingerprint density at radius 3 is 1.93 bits per heavy atom. The second kappa shape index (κ2) is 3.99. The van der Waals surface area contributed by atoms with Crippen LogP contribution in [0, 0.1) is 11.8 Å². The molecule has 5 heteroatoms. The summed E-state index contributed by atoms with van der Waals surface area (Å²) in [7, 11) is 0. The van der Waals surface area contributed by atoms with Crippen LogP contribution in [0.15, 0.2) is 0 Å². The maximum Gasteiger partial charge on any atom is 0.109 e. The summed E-state index contributed by atoms with van der Waals surface area (Å²) in [5.41, 5.74) is 0. The van der Waals surface area contributed by atoms with Crippen molar-refractivity contribution in [1.82, 2.24) is 0 Å². The average molecular weight is 218 g/mol. The van der Waals surface area contributed by atoms with Crippen LogP contribution in [0.25, 0.3) is 0 Å². The van der Waals surface area contributed by atoms with Crippen molar-refractivity contribution in [1.29, 1.82) is 0 Å². The molecular formula is C10H18O5. The molecule has 5 N–H and O–H groups in total. The zero-order valence-electron chi connectivity index (χ0n) is 8.40. The van der Waals surface area contributed by atoms with E-state index in [1.54, 1.807) is 0 Å². The molecule has 0 heterocycles. The van der Waals surface area contributed by atoms with Gasteiger partial charge in [0, 0.05) is 5.92 Å². The van der Waals surface area contributed by atoms with E-state index in [1.807, 2.05) is 0 Å². The van der Waals surface area contributed by atoms with Crippen molar-refractivity contribution in [2.75, 3.05) is 0 Å². The highest BCUT2D eigenvalue weighted by Gasteiger charge is 2.51. The van der Waals surface area contributed by atoms with Crippen molar-refractivity contribution in [3.05, 3.63) is 0 Å². The number of aliphatic hydroxyl groups excluding tert-OH is 5. The van der Waals surface area contributed by atoms with Crippen LogP contribution < -0.4 is 0 Å². The minimum Gasteiger partial charge on any atom is -0.393 e. The van der Waals surface area contributed by atoms with Gasteiger partial charge >= 0.3 is 0 Å². The summed E-state index contributed by atoms with van der Waals surface area (Å²) < 4.78 is 0. The van der Waals surface area contributed by atoms with Crippen LogP contribution in [0.3, 0.4) is 0 Å². The lowest BCUT2D eigenvalue weighted by Gasteiger charge is -2.48. The fourth-order valence-corrected chi connectivity index (χ4v) is 3.00. The highest BCUT2D eigenvalue weighted by atomic mass is 16.4. The lowest BCUT2D eigenvalue weighted by atomic mass is 9.65. The van der Waals surface area contributed by atoms with Gasteiger partial charge in [0.1, 0.15) is 12.2 Å². The first kappa shape index (κ1) is 11.3. The van der Waals surface area contributed by atoms with Crippen LogP contribution in [0.2, 0.25) is 0 Å². The molecule has 2 aliphatic carbocycles. The fraction of sp³-hybridized carbons (Fsp3) is 1.00. The van der Waals surface area contributed by atoms with Gasteiger partial charge in [-0.05, 0) is 18.8 Å². The number of fused-ring (bicyclic) bond motifs is 1. The van der Waals surface area contributed by atoms with Gasteiger partial charge in [-0.3, -0.25) is 0 Å². The van der Waals surface area contributed by atoms with E-state index >= 15 is 0 Å². The minimum absolute atomic E-state index is 0.317. The zero-order valence-corrected chi connectivity index (χ0v) is 8.40. The van der Waals surface area contributed by atoms with E-state index in [-0.39, 0.29) is 5.92 Å². The molecule has 0 radical (unpaired) electrons. The molecule has 0 saturated heterocycles. The average Bonchev–Trinajstić information content (AvgIpc) is 2.23. The third-order valence-corrected chi connectivity index (χ3v) is 3.86. The van der Waals surface area contributed by atoms with Gasteiger partial charge in [-0.25, -0.2) is 0 Å². The van der Waals surface area contributed by atoms with E-state index in [2.05, 4.69) is 0 Å². The molecule has 7 atom stereocenters. The first-order valence-corrected chi connectivity index (χ1v) is 5.44. The topological polar surface area (TPSA) is 101 Å². The zero-order chi connectivity index (χ0) is 11.2. The van der Waals surface area contributed by atoms with Crippen molar-refractivity contribution in [2.24, 2.45) is 11.8 Å². The maximum atomic E-state index is 9.75. The molecule has 0 aromatic carbocycles. The van der Waals surface area contributed by atoms with Gasteiger partial charge < -0.3 is 25.5 Å². The highest BCUT2D eigenvalue weighted by Crippen LogP contribution is 2.41. The maximum absolute atomic E-state index is 9.75. The molecule has 5 nitrogen and oxygen atoms in total. The van der Waals surface area contributed by atoms with E-state index in [0.717, 1.165) is 6.42 Å². The predicted octanol–water partition coefficient (Wildman–Crippen LogP) is -1.78. The highest BCUT2D eigenvalue weighted by molar-refractivity contribution is 5.01. The van der Waals surface area contributed by atoms with Crippen LogP contribution in [0.5, 0.6) is 0 Å². The number of hydrogen-bond acceptors (Lipinski definition) is 5. The van der Waals surface area contributed by atoms with Crippen molar-refractivity contribution in [3.8, 4) is 0 Å². The Morgan fingerprint density at radius 2 is 1.27 bits per heavy atom. The Balaban J connectivity index is 2.22. The molecule has 2 rings (SSSR count). The number of aliphatic hydroxyl groups is 5. The first-order valence-electron chi connectivity index (χ1n) is 5.44. The molecule has 0 spiro atoms. The van der Waals surface area contributed by atoms with E-state index < -0.39 is 36.4 Å². The molecule has 2 fully saturated rings. The molecule has 2 aliphatic rings. The van der Waals surface area contributed by atoms with Gasteiger partial charge in [-0.2, -0.15) is 0 Å². The Hall–Kier alpha value is -0.200. The molecule has 15 heavy (non-hydrogen) atoms. The van der Waals surface area contributed by atoms with Gasteiger partial charge in [0.25, 0.3) is 0 Å². The van der Waals surface area contributed by atoms with Crippen molar-refractivity contribution < 1.29 is 25.5 Å². The Labute approximate surface area is 88.0 Å². The predicted molar refractivity (Wildman–Crippen MR) is 50.9 cm³/mol. The first-order chi connectivity index (χ1) is 7.04. The quantitative estimate of drug-likeness (QED) is 0.331. The third kappa shape index (κ3) is 1.68. The van der Waals surface area contributed by atoms with Gasteiger partial charge in [0.05, 0.1) is 18.3 Å². The fourth-order valence-electron chi connectivity index (χ4n) is 3.00. The lowest BCUT2D eigenvalue weighted by Crippen LogP contribution is -2.62. The summed E-state index contributed by atoms with van der Waals surface area (Å²) in [5.74, 6) is -0.839. The summed E-state index contributed by atoms with van der Waals surface area (Å²) in [6.07, 6.45) is -3.56. The summed E-state index contributed by atoms with van der Waals surface area (Å²) in [4.78, 5) is 0. The molecule has 0 aromatic heterocycles. The third-order valence-electron chi connectivity index (χ3n) is 3.86. The smallest absolute Gasteiger partial charge is 0.109 e. The molecule has 7 unspecified atom stereocenters. The Bertz CT molecular complexity index is 234. The Kier molecular flexibility index (Phi) is 3.00. The van der Waals surface area contributed by atoms with Crippen molar-refractivity contribution >= 4 is 0 Å². The number of hydrogen-bond donors (Lipinski definition) is 5. The summed E-state index contributed by atoms with van der Waals surface area (Å²) in [6.45, 7) is 0. The molecule has 0 bridgehead atoms. The van der Waals surface area contributed by atoms with Crippen LogP contribution in [0.1, 0.15) is 19.3 Å². The molecule has 0 amide bonds. The van der Waals surface area contributed by atoms with Gasteiger partial charge in [0.2, 0.25) is 0 Å². The van der Waals surface area contributed by atoms with Gasteiger partial charge in [0.15, 0.2) is 0 Å². The lowest BCUT2D eigenvalue weighted by molar-refractivity contribution is -0.210.